The zero-order valence-corrected chi connectivity index (χ0v) is 19.6. The van der Waals surface area contributed by atoms with E-state index in [1.54, 1.807) is 19.1 Å². The van der Waals surface area contributed by atoms with Gasteiger partial charge in [0, 0.05) is 12.1 Å². The molecule has 0 aliphatic heterocycles. The monoisotopic (exact) mass is 417 g/mol. The summed E-state index contributed by atoms with van der Waals surface area (Å²) in [6.07, 6.45) is 4.45. The number of ether oxygens (including phenoxy) is 1. The van der Waals surface area contributed by atoms with Crippen molar-refractivity contribution in [3.05, 3.63) is 23.8 Å². The average Bonchev–Trinajstić information content (AvgIpc) is 2.96. The molecule has 2 N–H and O–H groups in total. The molecule has 0 atom stereocenters. The Labute approximate surface area is 174 Å². The number of aromatic nitrogens is 2. The molecule has 2 aromatic rings. The molecular weight excluding hydrogens is 382 g/mol. The molecule has 0 radical (unpaired) electrons. The Bertz CT molecular complexity index is 877. The summed E-state index contributed by atoms with van der Waals surface area (Å²) in [5, 5.41) is 0.228. The van der Waals surface area contributed by atoms with Crippen LogP contribution in [-0.4, -0.2) is 36.5 Å². The maximum absolute atomic E-state index is 12.0. The average molecular weight is 418 g/mol. The number of anilines is 1. The summed E-state index contributed by atoms with van der Waals surface area (Å²) in [5.74, 6) is 0.181. The molecule has 3 rings (SSSR count). The van der Waals surface area contributed by atoms with Crippen LogP contribution in [0, 0.1) is 0 Å². The highest BCUT2D eigenvalue weighted by Crippen LogP contribution is 2.41. The molecule has 160 valence electrons. The molecule has 1 aromatic heterocycles. The summed E-state index contributed by atoms with van der Waals surface area (Å²) >= 11 is 0. The van der Waals surface area contributed by atoms with E-state index in [-0.39, 0.29) is 11.0 Å². The minimum Gasteiger partial charge on any atom is -0.462 e. The van der Waals surface area contributed by atoms with Crippen LogP contribution in [0.3, 0.4) is 0 Å². The Kier molecular flexibility index (Phi) is 6.10. The molecule has 0 unspecified atom stereocenters. The predicted octanol–water partition coefficient (Wildman–Crippen LogP) is 5.30. The molecule has 1 fully saturated rings. The van der Waals surface area contributed by atoms with Crippen molar-refractivity contribution in [2.75, 3.05) is 12.3 Å². The number of hydrogen-bond acceptors (Lipinski definition) is 5. The fourth-order valence-corrected chi connectivity index (χ4v) is 5.28. The molecule has 7 heteroatoms. The third-order valence-corrected chi connectivity index (χ3v) is 11.0. The summed E-state index contributed by atoms with van der Waals surface area (Å²) in [4.78, 5) is 16.5. The number of nitrogens with two attached hydrogens (primary N) is 1. The zero-order chi connectivity index (χ0) is 21.4. The second kappa shape index (κ2) is 8.11. The number of carbonyl (C=O) groups is 1. The van der Waals surface area contributed by atoms with Crippen LogP contribution in [0.4, 0.5) is 5.95 Å². The number of rotatable bonds is 5. The van der Waals surface area contributed by atoms with E-state index < -0.39 is 8.32 Å². The van der Waals surface area contributed by atoms with Crippen LogP contribution >= 0.6 is 0 Å². The van der Waals surface area contributed by atoms with Gasteiger partial charge in [-0.1, -0.05) is 20.8 Å². The van der Waals surface area contributed by atoms with Gasteiger partial charge in [0.05, 0.1) is 23.2 Å². The number of esters is 1. The van der Waals surface area contributed by atoms with Crippen LogP contribution in [0.15, 0.2) is 18.2 Å². The van der Waals surface area contributed by atoms with Crippen LogP contribution in [0.1, 0.15) is 69.8 Å². The SMILES string of the molecule is CCOC(=O)c1ccc2c(c1)nc(N)n2C1CCC(O[Si](C)(C)C(C)(C)C)CC1. The van der Waals surface area contributed by atoms with Crippen LogP contribution in [0.25, 0.3) is 11.0 Å². The third-order valence-electron chi connectivity index (χ3n) is 6.50. The number of hydrogen-bond donors (Lipinski definition) is 1. The minimum absolute atomic E-state index is 0.228. The van der Waals surface area contributed by atoms with Gasteiger partial charge >= 0.3 is 5.97 Å². The predicted molar refractivity (Wildman–Crippen MR) is 120 cm³/mol. The highest BCUT2D eigenvalue weighted by atomic mass is 28.4. The molecule has 0 amide bonds. The molecule has 0 spiro atoms. The number of nitrogen functional groups attached to an aromatic ring is 1. The van der Waals surface area contributed by atoms with Crippen LogP contribution in [0.5, 0.6) is 0 Å². The quantitative estimate of drug-likeness (QED) is 0.527. The van der Waals surface area contributed by atoms with Crippen molar-refractivity contribution in [2.24, 2.45) is 0 Å². The van der Waals surface area contributed by atoms with Gasteiger partial charge in [0.1, 0.15) is 0 Å². The van der Waals surface area contributed by atoms with Crippen molar-refractivity contribution < 1.29 is 14.0 Å². The number of benzene rings is 1. The molecule has 0 bridgehead atoms. The highest BCUT2D eigenvalue weighted by molar-refractivity contribution is 6.74. The Morgan fingerprint density at radius 3 is 2.48 bits per heavy atom. The summed E-state index contributed by atoms with van der Waals surface area (Å²) in [5.41, 5.74) is 8.50. The Balaban J connectivity index is 1.74. The first-order chi connectivity index (χ1) is 13.5. The molecule has 29 heavy (non-hydrogen) atoms. The number of fused-ring (bicyclic) bond motifs is 1. The van der Waals surface area contributed by atoms with E-state index in [9.17, 15) is 4.79 Å². The van der Waals surface area contributed by atoms with E-state index in [0.29, 0.717) is 30.3 Å². The number of imidazole rings is 1. The fourth-order valence-electron chi connectivity index (χ4n) is 3.86. The van der Waals surface area contributed by atoms with Gasteiger partial charge in [0.2, 0.25) is 5.95 Å². The first-order valence-electron chi connectivity index (χ1n) is 10.7. The van der Waals surface area contributed by atoms with Gasteiger partial charge < -0.3 is 19.5 Å². The van der Waals surface area contributed by atoms with Gasteiger partial charge in [-0.25, -0.2) is 9.78 Å². The maximum Gasteiger partial charge on any atom is 0.338 e. The van der Waals surface area contributed by atoms with Crippen molar-refractivity contribution in [2.45, 2.75) is 83.7 Å². The molecule has 1 saturated carbocycles. The fraction of sp³-hybridized carbons (Fsp3) is 0.636. The first-order valence-corrected chi connectivity index (χ1v) is 13.6. The van der Waals surface area contributed by atoms with Crippen LogP contribution < -0.4 is 5.73 Å². The van der Waals surface area contributed by atoms with Crippen LogP contribution in [-0.2, 0) is 9.16 Å². The Hall–Kier alpha value is -1.86. The Morgan fingerprint density at radius 2 is 1.90 bits per heavy atom. The molecular formula is C22H35N3O3Si. The van der Waals surface area contributed by atoms with Gasteiger partial charge in [0.25, 0.3) is 0 Å². The Morgan fingerprint density at radius 1 is 1.24 bits per heavy atom. The largest absolute Gasteiger partial charge is 0.462 e. The minimum atomic E-state index is -1.75. The van der Waals surface area contributed by atoms with E-state index in [2.05, 4.69) is 43.4 Å². The lowest BCUT2D eigenvalue weighted by molar-refractivity contribution is 0.0526. The molecule has 1 aliphatic rings. The van der Waals surface area contributed by atoms with Crippen molar-refractivity contribution in [1.82, 2.24) is 9.55 Å². The van der Waals surface area contributed by atoms with E-state index >= 15 is 0 Å². The summed E-state index contributed by atoms with van der Waals surface area (Å²) < 4.78 is 13.8. The molecule has 1 aliphatic carbocycles. The van der Waals surface area contributed by atoms with E-state index in [4.69, 9.17) is 14.9 Å². The summed E-state index contributed by atoms with van der Waals surface area (Å²) in [7, 11) is -1.75. The van der Waals surface area contributed by atoms with Crippen molar-refractivity contribution >= 4 is 31.3 Å². The number of carbonyl (C=O) groups excluding carboxylic acids is 1. The normalized spacial score (nSPS) is 20.8. The highest BCUT2D eigenvalue weighted by Gasteiger charge is 2.40. The molecule has 1 aromatic carbocycles. The van der Waals surface area contributed by atoms with Crippen molar-refractivity contribution in [1.29, 1.82) is 0 Å². The smallest absolute Gasteiger partial charge is 0.338 e. The maximum atomic E-state index is 12.0. The zero-order valence-electron chi connectivity index (χ0n) is 18.6. The van der Waals surface area contributed by atoms with Gasteiger partial charge in [-0.05, 0) is 68.9 Å². The van der Waals surface area contributed by atoms with Gasteiger partial charge in [-0.3, -0.25) is 0 Å². The summed E-state index contributed by atoms with van der Waals surface area (Å²) in [6, 6.07) is 5.81. The van der Waals surface area contributed by atoms with Gasteiger partial charge in [0.15, 0.2) is 8.32 Å². The standard InChI is InChI=1S/C22H35N3O3Si/c1-7-27-20(26)15-8-13-19-18(14-15)24-21(23)25(19)16-9-11-17(12-10-16)28-29(5,6)22(2,3)4/h8,13-14,16-17H,7,9-12H2,1-6H3,(H2,23,24). The van der Waals surface area contributed by atoms with Crippen molar-refractivity contribution in [3.63, 3.8) is 0 Å². The van der Waals surface area contributed by atoms with E-state index in [1.165, 1.54) is 0 Å². The lowest BCUT2D eigenvalue weighted by Crippen LogP contribution is -2.44. The lowest BCUT2D eigenvalue weighted by atomic mass is 9.93. The molecule has 0 saturated heterocycles. The first kappa shape index (κ1) is 21.8. The molecule has 1 heterocycles. The second-order valence-electron chi connectivity index (χ2n) is 9.57. The van der Waals surface area contributed by atoms with Crippen LogP contribution in [0.2, 0.25) is 18.1 Å². The topological polar surface area (TPSA) is 79.4 Å². The summed E-state index contributed by atoms with van der Waals surface area (Å²) in [6.45, 7) is 13.7. The van der Waals surface area contributed by atoms with Gasteiger partial charge in [-0.2, -0.15) is 0 Å². The van der Waals surface area contributed by atoms with Gasteiger partial charge in [-0.15, -0.1) is 0 Å². The second-order valence-corrected chi connectivity index (χ2v) is 14.3. The third kappa shape index (κ3) is 4.51. The van der Waals surface area contributed by atoms with E-state index in [1.807, 2.05) is 6.07 Å². The number of nitrogens with zero attached hydrogens (tertiary/aromatic N) is 2. The van der Waals surface area contributed by atoms with E-state index in [0.717, 1.165) is 36.7 Å². The lowest BCUT2D eigenvalue weighted by Gasteiger charge is -2.41. The van der Waals surface area contributed by atoms with Crippen molar-refractivity contribution in [3.8, 4) is 0 Å². The molecule has 6 nitrogen and oxygen atoms in total.